The molecule has 2 aromatic heterocycles. The van der Waals surface area contributed by atoms with Gasteiger partial charge in [0, 0.05) is 22.7 Å². The van der Waals surface area contributed by atoms with Crippen LogP contribution in [0.15, 0.2) is 36.8 Å². The van der Waals surface area contributed by atoms with Crippen LogP contribution in [0.1, 0.15) is 10.4 Å². The molecule has 6 nitrogen and oxygen atoms in total. The number of H-pyrrole nitrogens is 2. The van der Waals surface area contributed by atoms with Crippen LogP contribution in [0.4, 0.5) is 5.95 Å². The van der Waals surface area contributed by atoms with E-state index in [4.69, 9.17) is 0 Å². The van der Waals surface area contributed by atoms with Gasteiger partial charge in [0.05, 0.1) is 0 Å². The predicted octanol–water partition coefficient (Wildman–Crippen LogP) is 1.54. The number of benzene rings is 1. The van der Waals surface area contributed by atoms with Crippen LogP contribution in [0, 0.1) is 0 Å². The quantitative estimate of drug-likeness (QED) is 0.620. The molecule has 84 valence electrons. The maximum Gasteiger partial charge on any atom is 0.258 e. The van der Waals surface area contributed by atoms with Crippen LogP contribution in [0.2, 0.25) is 0 Å². The van der Waals surface area contributed by atoms with Crippen molar-refractivity contribution in [2.75, 3.05) is 5.32 Å². The SMILES string of the molecule is O=C(Nc1ncn[nH]1)c1ccc2[nH]ccc2c1. The maximum atomic E-state index is 11.9. The summed E-state index contributed by atoms with van der Waals surface area (Å²) in [7, 11) is 0. The molecule has 17 heavy (non-hydrogen) atoms. The Bertz CT molecular complexity index is 655. The number of hydrogen-bond donors (Lipinski definition) is 3. The molecule has 0 saturated heterocycles. The van der Waals surface area contributed by atoms with Crippen molar-refractivity contribution in [3.05, 3.63) is 42.4 Å². The van der Waals surface area contributed by atoms with Crippen molar-refractivity contribution in [3.8, 4) is 0 Å². The van der Waals surface area contributed by atoms with Gasteiger partial charge in [-0.25, -0.2) is 5.10 Å². The topological polar surface area (TPSA) is 86.5 Å². The standard InChI is InChI=1S/C11H9N5O/c17-10(15-11-13-6-14-16-11)8-1-2-9-7(5-8)3-4-12-9/h1-6,12H,(H2,13,14,15,16,17). The second kappa shape index (κ2) is 3.75. The molecule has 0 spiro atoms. The third kappa shape index (κ3) is 1.76. The fraction of sp³-hybridized carbons (Fsp3) is 0. The van der Waals surface area contributed by atoms with E-state index < -0.39 is 0 Å². The summed E-state index contributed by atoms with van der Waals surface area (Å²) < 4.78 is 0. The van der Waals surface area contributed by atoms with Crippen molar-refractivity contribution in [2.45, 2.75) is 0 Å². The fourth-order valence-electron chi connectivity index (χ4n) is 1.64. The summed E-state index contributed by atoms with van der Waals surface area (Å²) in [5.74, 6) is 0.119. The lowest BCUT2D eigenvalue weighted by molar-refractivity contribution is 0.102. The van der Waals surface area contributed by atoms with Crippen molar-refractivity contribution in [1.82, 2.24) is 20.2 Å². The van der Waals surface area contributed by atoms with Crippen LogP contribution in [0.5, 0.6) is 0 Å². The molecule has 3 rings (SSSR count). The number of rotatable bonds is 2. The second-order valence-corrected chi connectivity index (χ2v) is 3.57. The number of aromatic nitrogens is 4. The van der Waals surface area contributed by atoms with Gasteiger partial charge in [0.15, 0.2) is 0 Å². The molecule has 0 aliphatic carbocycles. The van der Waals surface area contributed by atoms with Gasteiger partial charge in [-0.3, -0.25) is 10.1 Å². The summed E-state index contributed by atoms with van der Waals surface area (Å²) in [5.41, 5.74) is 1.58. The van der Waals surface area contributed by atoms with E-state index >= 15 is 0 Å². The van der Waals surface area contributed by atoms with Gasteiger partial charge in [0.1, 0.15) is 6.33 Å². The van der Waals surface area contributed by atoms with E-state index in [1.54, 1.807) is 6.07 Å². The number of fused-ring (bicyclic) bond motifs is 1. The van der Waals surface area contributed by atoms with Crippen molar-refractivity contribution in [1.29, 1.82) is 0 Å². The highest BCUT2D eigenvalue weighted by molar-refractivity contribution is 6.05. The largest absolute Gasteiger partial charge is 0.361 e. The van der Waals surface area contributed by atoms with Gasteiger partial charge in [-0.1, -0.05) is 0 Å². The van der Waals surface area contributed by atoms with E-state index in [1.165, 1.54) is 6.33 Å². The van der Waals surface area contributed by atoms with Crippen molar-refractivity contribution >= 4 is 22.8 Å². The summed E-state index contributed by atoms with van der Waals surface area (Å²) in [5, 5.41) is 9.84. The number of carbonyl (C=O) groups is 1. The molecule has 0 bridgehead atoms. The van der Waals surface area contributed by atoms with Gasteiger partial charge in [-0.2, -0.15) is 10.1 Å². The minimum absolute atomic E-state index is 0.218. The van der Waals surface area contributed by atoms with Crippen LogP contribution in [0.25, 0.3) is 10.9 Å². The average molecular weight is 227 g/mol. The number of aromatic amines is 2. The van der Waals surface area contributed by atoms with Crippen LogP contribution in [0.3, 0.4) is 0 Å². The first-order valence-electron chi connectivity index (χ1n) is 5.07. The first kappa shape index (κ1) is 9.59. The smallest absolute Gasteiger partial charge is 0.258 e. The lowest BCUT2D eigenvalue weighted by Gasteiger charge is -2.01. The number of nitrogens with one attached hydrogen (secondary N) is 3. The number of hydrogen-bond acceptors (Lipinski definition) is 3. The number of carbonyl (C=O) groups excluding carboxylic acids is 1. The molecule has 0 fully saturated rings. The predicted molar refractivity (Wildman–Crippen MR) is 62.6 cm³/mol. The molecule has 0 aliphatic rings. The average Bonchev–Trinajstić information content (AvgIpc) is 2.97. The Morgan fingerprint density at radius 1 is 1.29 bits per heavy atom. The highest BCUT2D eigenvalue weighted by Gasteiger charge is 2.08. The lowest BCUT2D eigenvalue weighted by atomic mass is 10.1. The molecule has 3 aromatic rings. The Balaban J connectivity index is 1.90. The van der Waals surface area contributed by atoms with Crippen molar-refractivity contribution in [2.24, 2.45) is 0 Å². The van der Waals surface area contributed by atoms with E-state index in [9.17, 15) is 4.79 Å². The Kier molecular flexibility index (Phi) is 2.11. The van der Waals surface area contributed by atoms with Crippen LogP contribution in [-0.2, 0) is 0 Å². The Morgan fingerprint density at radius 2 is 2.24 bits per heavy atom. The second-order valence-electron chi connectivity index (χ2n) is 3.57. The Labute approximate surface area is 96.1 Å². The third-order valence-electron chi connectivity index (χ3n) is 2.46. The molecule has 1 aromatic carbocycles. The summed E-state index contributed by atoms with van der Waals surface area (Å²) in [6, 6.07) is 7.35. The van der Waals surface area contributed by atoms with E-state index in [0.717, 1.165) is 10.9 Å². The molecule has 0 aliphatic heterocycles. The van der Waals surface area contributed by atoms with E-state index in [1.807, 2.05) is 24.4 Å². The van der Waals surface area contributed by atoms with Crippen LogP contribution >= 0.6 is 0 Å². The highest BCUT2D eigenvalue weighted by Crippen LogP contribution is 2.14. The van der Waals surface area contributed by atoms with E-state index in [-0.39, 0.29) is 5.91 Å². The molecule has 0 atom stereocenters. The van der Waals surface area contributed by atoms with Crippen LogP contribution in [-0.4, -0.2) is 26.1 Å². The van der Waals surface area contributed by atoms with Gasteiger partial charge in [-0.05, 0) is 24.3 Å². The number of amides is 1. The van der Waals surface area contributed by atoms with Gasteiger partial charge in [-0.15, -0.1) is 0 Å². The molecule has 2 heterocycles. The van der Waals surface area contributed by atoms with E-state index in [0.29, 0.717) is 11.5 Å². The molecule has 0 unspecified atom stereocenters. The fourth-order valence-corrected chi connectivity index (χ4v) is 1.64. The molecule has 6 heteroatoms. The zero-order chi connectivity index (χ0) is 11.7. The van der Waals surface area contributed by atoms with Gasteiger partial charge < -0.3 is 4.98 Å². The molecule has 0 radical (unpaired) electrons. The monoisotopic (exact) mass is 227 g/mol. The minimum atomic E-state index is -0.218. The lowest BCUT2D eigenvalue weighted by Crippen LogP contribution is -2.12. The third-order valence-corrected chi connectivity index (χ3v) is 2.46. The van der Waals surface area contributed by atoms with Gasteiger partial charge >= 0.3 is 0 Å². The molecular weight excluding hydrogens is 218 g/mol. The summed E-state index contributed by atoms with van der Waals surface area (Å²) in [6.45, 7) is 0. The van der Waals surface area contributed by atoms with E-state index in [2.05, 4.69) is 25.5 Å². The molecular formula is C11H9N5O. The maximum absolute atomic E-state index is 11.9. The molecule has 3 N–H and O–H groups in total. The first-order chi connectivity index (χ1) is 8.33. The summed E-state index contributed by atoms with van der Waals surface area (Å²) in [4.78, 5) is 18.8. The Morgan fingerprint density at radius 3 is 3.06 bits per heavy atom. The zero-order valence-electron chi connectivity index (χ0n) is 8.77. The van der Waals surface area contributed by atoms with Crippen molar-refractivity contribution in [3.63, 3.8) is 0 Å². The molecule has 0 saturated carbocycles. The van der Waals surface area contributed by atoms with Gasteiger partial charge in [0.25, 0.3) is 5.91 Å². The highest BCUT2D eigenvalue weighted by atomic mass is 16.1. The normalized spacial score (nSPS) is 10.6. The van der Waals surface area contributed by atoms with Crippen molar-refractivity contribution < 1.29 is 4.79 Å². The Hall–Kier alpha value is -2.63. The minimum Gasteiger partial charge on any atom is -0.361 e. The summed E-state index contributed by atoms with van der Waals surface area (Å²) >= 11 is 0. The number of anilines is 1. The first-order valence-corrected chi connectivity index (χ1v) is 5.07. The zero-order valence-corrected chi connectivity index (χ0v) is 8.77. The number of nitrogens with zero attached hydrogens (tertiary/aromatic N) is 2. The van der Waals surface area contributed by atoms with Crippen LogP contribution < -0.4 is 5.32 Å². The van der Waals surface area contributed by atoms with Gasteiger partial charge in [0.2, 0.25) is 5.95 Å². The molecule has 1 amide bonds. The summed E-state index contributed by atoms with van der Waals surface area (Å²) in [6.07, 6.45) is 3.17.